The highest BCUT2D eigenvalue weighted by Gasteiger charge is 2.54. The fraction of sp³-hybridized carbons (Fsp3) is 0.707. The molecular weight excluding hydrogens is 1050 g/mol. The summed E-state index contributed by atoms with van der Waals surface area (Å²) >= 11 is 0. The largest absolute Gasteiger partial charge is 0.464 e. The predicted molar refractivity (Wildman–Crippen MR) is 294 cm³/mol. The van der Waals surface area contributed by atoms with Crippen molar-refractivity contribution in [3.63, 3.8) is 0 Å². The summed E-state index contributed by atoms with van der Waals surface area (Å²) in [5, 5.41) is 8.44. The van der Waals surface area contributed by atoms with Gasteiger partial charge in [-0.25, -0.2) is 5.43 Å². The molecule has 2 aromatic heterocycles. The minimum absolute atomic E-state index is 0.0512. The van der Waals surface area contributed by atoms with E-state index in [1.54, 1.807) is 19.4 Å². The van der Waals surface area contributed by atoms with Crippen molar-refractivity contribution in [2.24, 2.45) is 11.3 Å². The number of amides is 3. The summed E-state index contributed by atoms with van der Waals surface area (Å²) in [7, 11) is 1.57. The lowest BCUT2D eigenvalue weighted by Gasteiger charge is -2.55. The summed E-state index contributed by atoms with van der Waals surface area (Å²) in [4.78, 5) is 73.4. The van der Waals surface area contributed by atoms with Crippen LogP contribution in [0.5, 0.6) is 0 Å². The second kappa shape index (κ2) is 22.8. The van der Waals surface area contributed by atoms with Crippen LogP contribution in [0.3, 0.4) is 0 Å². The number of alkyl halides is 3. The number of esters is 1. The normalized spacial score (nSPS) is 28.5. The van der Waals surface area contributed by atoms with Gasteiger partial charge >= 0.3 is 12.1 Å². The van der Waals surface area contributed by atoms with E-state index in [-0.39, 0.29) is 55.2 Å². The Hall–Kier alpha value is -5.14. The predicted octanol–water partition coefficient (Wildman–Crippen LogP) is 3.64. The Bertz CT molecular complexity index is 2840. The van der Waals surface area contributed by atoms with Crippen LogP contribution < -0.4 is 25.9 Å². The van der Waals surface area contributed by atoms with E-state index < -0.39 is 60.0 Å². The lowest BCUT2D eigenvalue weighted by atomic mass is 9.84. The van der Waals surface area contributed by atoms with E-state index in [0.29, 0.717) is 138 Å². The van der Waals surface area contributed by atoms with Crippen molar-refractivity contribution in [3.05, 3.63) is 41.7 Å². The number of halogens is 3. The van der Waals surface area contributed by atoms with Gasteiger partial charge in [0.25, 0.3) is 5.91 Å². The minimum Gasteiger partial charge on any atom is -0.464 e. The zero-order valence-corrected chi connectivity index (χ0v) is 47.3. The third-order valence-electron chi connectivity index (χ3n) is 18.6. The zero-order chi connectivity index (χ0) is 56.4. The van der Waals surface area contributed by atoms with Crippen LogP contribution in [0, 0.1) is 11.3 Å². The van der Waals surface area contributed by atoms with Gasteiger partial charge < -0.3 is 53.6 Å². The van der Waals surface area contributed by atoms with E-state index in [2.05, 4.69) is 35.7 Å². The number of methoxy groups -OCH3 is 1. The van der Waals surface area contributed by atoms with Crippen LogP contribution in [-0.4, -0.2) is 220 Å². The number of cyclic esters (lactones) is 1. The van der Waals surface area contributed by atoms with Gasteiger partial charge in [-0.15, -0.1) is 0 Å². The number of pyridine rings is 1. The van der Waals surface area contributed by atoms with Crippen LogP contribution in [0.25, 0.3) is 22.2 Å². The summed E-state index contributed by atoms with van der Waals surface area (Å²) in [5.74, 6) is -1.07. The smallest absolute Gasteiger partial charge is 0.406 e. The molecule has 0 unspecified atom stereocenters. The fourth-order valence-electron chi connectivity index (χ4n) is 14.2. The molecule has 442 valence electrons. The summed E-state index contributed by atoms with van der Waals surface area (Å²) in [5.41, 5.74) is 5.81. The van der Waals surface area contributed by atoms with Gasteiger partial charge in [0.1, 0.15) is 24.2 Å². The van der Waals surface area contributed by atoms with Crippen LogP contribution in [-0.2, 0) is 55.8 Å². The van der Waals surface area contributed by atoms with Gasteiger partial charge in [-0.2, -0.15) is 13.2 Å². The van der Waals surface area contributed by atoms with E-state index in [1.165, 1.54) is 9.58 Å². The number of hydrazine groups is 1. The van der Waals surface area contributed by atoms with Gasteiger partial charge in [-0.05, 0) is 74.8 Å². The molecule has 3 amide bonds. The SMILES string of the molecule is CO[C@@H](C)c1ncc(N2CCN3CCOC[C@@H]3C2)cc1-c1c2c3cc(ccc3n1CC(F)(F)F)N1CCO[C@@H](C[C@H](NC(=O)[C@H](C3CCCC3)N3CCOC4(CN(C(=O)[C@H]5CN5)C4)C3)C(=O)N3CCC[C@H](N3)C(=O)OCC(C)(C)C2)C1. The number of ether oxygens (including phenoxy) is 5. The monoisotopic (exact) mass is 1130 g/mol. The molecular formula is C58H80F3N11O9. The van der Waals surface area contributed by atoms with E-state index in [9.17, 15) is 9.59 Å². The average Bonchev–Trinajstić information content (AvgIpc) is 4.34. The maximum absolute atomic E-state index is 15.3. The zero-order valence-electron chi connectivity index (χ0n) is 47.3. The highest BCUT2D eigenvalue weighted by molar-refractivity contribution is 5.95. The molecule has 10 heterocycles. The molecule has 1 saturated carbocycles. The van der Waals surface area contributed by atoms with Crippen molar-refractivity contribution < 1.29 is 56.0 Å². The number of benzene rings is 1. The van der Waals surface area contributed by atoms with Gasteiger partial charge in [0.05, 0.1) is 99.7 Å². The molecule has 81 heavy (non-hydrogen) atoms. The summed E-state index contributed by atoms with van der Waals surface area (Å²) in [6.45, 7) is 13.2. The molecule has 1 aromatic carbocycles. The summed E-state index contributed by atoms with van der Waals surface area (Å²) < 4.78 is 78.0. The first kappa shape index (κ1) is 56.3. The van der Waals surface area contributed by atoms with Crippen molar-refractivity contribution in [1.29, 1.82) is 0 Å². The number of hydrogen-bond acceptors (Lipinski definition) is 16. The van der Waals surface area contributed by atoms with Crippen molar-refractivity contribution in [2.75, 3.05) is 128 Å². The lowest BCUT2D eigenvalue weighted by Crippen LogP contribution is -2.73. The molecule has 20 nitrogen and oxygen atoms in total. The lowest BCUT2D eigenvalue weighted by molar-refractivity contribution is -0.197. The molecule has 0 radical (unpaired) electrons. The van der Waals surface area contributed by atoms with Crippen LogP contribution in [0.1, 0.15) is 83.1 Å². The fourth-order valence-corrected chi connectivity index (χ4v) is 14.2. The first-order valence-electron chi connectivity index (χ1n) is 29.5. The molecule has 23 heteroatoms. The first-order chi connectivity index (χ1) is 38.9. The number of fused-ring (bicyclic) bond motifs is 7. The number of nitrogens with one attached hydrogen (secondary N) is 3. The molecule has 3 aromatic rings. The van der Waals surface area contributed by atoms with Crippen LogP contribution in [0.15, 0.2) is 30.5 Å². The molecule has 9 aliphatic rings. The highest BCUT2D eigenvalue weighted by atomic mass is 19.4. The van der Waals surface area contributed by atoms with Crippen LogP contribution in [0.2, 0.25) is 0 Å². The van der Waals surface area contributed by atoms with E-state index in [1.807, 2.05) is 43.9 Å². The number of piperazine rings is 1. The number of aromatic nitrogens is 2. The van der Waals surface area contributed by atoms with Gasteiger partial charge in [0.15, 0.2) is 0 Å². The number of morpholine rings is 3. The van der Waals surface area contributed by atoms with Gasteiger partial charge in [0.2, 0.25) is 11.8 Å². The Morgan fingerprint density at radius 1 is 0.938 bits per heavy atom. The van der Waals surface area contributed by atoms with E-state index >= 15 is 22.8 Å². The van der Waals surface area contributed by atoms with Crippen LogP contribution >= 0.6 is 0 Å². The Morgan fingerprint density at radius 3 is 2.52 bits per heavy atom. The standard InChI is InChI=1S/C58H80F3N11O9/c1-36(77-4)49-43(23-39(26-63-49)67-15-14-66-16-19-78-30-40(66)28-67)51-44-25-56(2,3)35-80-55(76)45-10-7-13-72(65-45)54(75)46(24-41-29-68(17-20-79-41)38-11-12-48(42(44)22-38)71(51)34-58(59,60)61)64-52(73)50(37-8-5-6-9-37)69-18-21-81-57(31-69)32-70(33-57)53(74)47-27-62-47/h11-12,22-23,26,36-37,40-41,45-47,50,62,65H,5-10,13-21,24-25,27-35H2,1-4H3,(H,64,73)/t36-,40-,41-,45-,46-,47+,50-/m0/s1. The number of hydrogen-bond donors (Lipinski definition) is 3. The number of likely N-dealkylation sites (tertiary alicyclic amines) is 1. The average molecular weight is 1130 g/mol. The van der Waals surface area contributed by atoms with Crippen molar-refractivity contribution in [3.8, 4) is 11.3 Å². The molecule has 8 aliphatic heterocycles. The third kappa shape index (κ3) is 11.9. The molecule has 8 fully saturated rings. The maximum atomic E-state index is 15.3. The minimum atomic E-state index is -4.61. The number of anilines is 2. The van der Waals surface area contributed by atoms with Crippen LogP contribution in [0.4, 0.5) is 24.5 Å². The summed E-state index contributed by atoms with van der Waals surface area (Å²) in [6.07, 6.45) is 1.01. The van der Waals surface area contributed by atoms with Crippen molar-refractivity contribution >= 4 is 46.0 Å². The molecule has 3 N–H and O–H groups in total. The molecule has 6 bridgehead atoms. The number of carbonyl (C=O) groups is 4. The Labute approximate surface area is 471 Å². The quantitative estimate of drug-likeness (QED) is 0.196. The first-order valence-corrected chi connectivity index (χ1v) is 29.5. The van der Waals surface area contributed by atoms with Gasteiger partial charge in [-0.3, -0.25) is 39.0 Å². The van der Waals surface area contributed by atoms with E-state index in [0.717, 1.165) is 50.1 Å². The molecule has 7 saturated heterocycles. The Morgan fingerprint density at radius 2 is 1.74 bits per heavy atom. The molecule has 1 spiro atoms. The van der Waals surface area contributed by atoms with E-state index in [4.69, 9.17) is 28.7 Å². The third-order valence-corrected chi connectivity index (χ3v) is 18.6. The second-order valence-electron chi connectivity index (χ2n) is 25.1. The molecule has 12 rings (SSSR count). The summed E-state index contributed by atoms with van der Waals surface area (Å²) in [6, 6.07) is 5.14. The highest BCUT2D eigenvalue weighted by Crippen LogP contribution is 2.45. The van der Waals surface area contributed by atoms with Crippen molar-refractivity contribution in [1.82, 2.24) is 45.3 Å². The second-order valence-corrected chi connectivity index (χ2v) is 25.1. The topological polar surface area (TPSA) is 198 Å². The number of rotatable bonds is 10. The number of nitrogens with zero attached hydrogens (tertiary/aromatic N) is 8. The Kier molecular flexibility index (Phi) is 15.9. The van der Waals surface area contributed by atoms with Gasteiger partial charge in [-0.1, -0.05) is 26.7 Å². The molecule has 1 aliphatic carbocycles. The Balaban J connectivity index is 0.900. The van der Waals surface area contributed by atoms with Crippen molar-refractivity contribution in [2.45, 2.75) is 133 Å². The van der Waals surface area contributed by atoms with Gasteiger partial charge in [0, 0.05) is 107 Å². The molecule has 7 atom stereocenters. The number of carbonyl (C=O) groups excluding carboxylic acids is 4. The maximum Gasteiger partial charge on any atom is 0.406 e.